The van der Waals surface area contributed by atoms with Gasteiger partial charge in [-0.15, -0.1) is 11.3 Å². The molecule has 2 aromatic heterocycles. The van der Waals surface area contributed by atoms with E-state index in [2.05, 4.69) is 9.97 Å². The monoisotopic (exact) mass is 311 g/mol. The second-order valence-corrected chi connectivity index (χ2v) is 4.87. The van der Waals surface area contributed by atoms with Gasteiger partial charge in [-0.25, -0.2) is 4.98 Å². The fourth-order valence-corrected chi connectivity index (χ4v) is 2.49. The molecule has 0 saturated carbocycles. The molecule has 2 rings (SSSR count). The fourth-order valence-electron chi connectivity index (χ4n) is 1.41. The van der Waals surface area contributed by atoms with Crippen LogP contribution in [0.25, 0.3) is 10.6 Å². The summed E-state index contributed by atoms with van der Waals surface area (Å²) in [5.74, 6) is -0.00450. The number of hydrogen-bond donors (Lipinski definition) is 0. The zero-order valence-corrected chi connectivity index (χ0v) is 14.5. The van der Waals surface area contributed by atoms with E-state index >= 15 is 0 Å². The van der Waals surface area contributed by atoms with Crippen LogP contribution in [0.3, 0.4) is 0 Å². The van der Waals surface area contributed by atoms with Crippen LogP contribution in [0.5, 0.6) is 0 Å². The minimum Gasteiger partial charge on any atom is -0.344 e. The van der Waals surface area contributed by atoms with Crippen LogP contribution in [0, 0.1) is 6.92 Å². The van der Waals surface area contributed by atoms with Gasteiger partial charge in [0.25, 0.3) is 5.91 Å². The number of rotatable bonds is 2. The maximum absolute atomic E-state index is 11.9. The first-order chi connectivity index (χ1) is 8.09. The first kappa shape index (κ1) is 14.9. The Balaban J connectivity index is 0.00000162. The standard InChI is InChI=1S/C12H13N3OS.Zn/c1-8-10(12(16)15(2)3)17-11(14-8)9-5-4-6-13-7-9;/h4-7H,1-3H3;/q;+2. The Bertz CT molecular complexity index is 540. The molecule has 0 aliphatic heterocycles. The molecule has 0 N–H and O–H groups in total. The summed E-state index contributed by atoms with van der Waals surface area (Å²) in [6.07, 6.45) is 3.47. The van der Waals surface area contributed by atoms with E-state index in [4.69, 9.17) is 0 Å². The van der Waals surface area contributed by atoms with Gasteiger partial charge in [0.2, 0.25) is 0 Å². The van der Waals surface area contributed by atoms with Crippen molar-refractivity contribution >= 4 is 17.2 Å². The Morgan fingerprint density at radius 3 is 2.67 bits per heavy atom. The Labute approximate surface area is 123 Å². The minimum absolute atomic E-state index is 0. The Morgan fingerprint density at radius 1 is 1.39 bits per heavy atom. The Morgan fingerprint density at radius 2 is 2.11 bits per heavy atom. The van der Waals surface area contributed by atoms with Crippen molar-refractivity contribution in [1.82, 2.24) is 14.9 Å². The van der Waals surface area contributed by atoms with Crippen LogP contribution >= 0.6 is 11.3 Å². The third-order valence-electron chi connectivity index (χ3n) is 2.31. The number of pyridine rings is 1. The number of nitrogens with zero attached hydrogens (tertiary/aromatic N) is 3. The molecule has 0 aromatic carbocycles. The van der Waals surface area contributed by atoms with Crippen molar-refractivity contribution in [2.75, 3.05) is 14.1 Å². The average Bonchev–Trinajstić information content (AvgIpc) is 2.71. The summed E-state index contributed by atoms with van der Waals surface area (Å²) in [4.78, 5) is 22.6. The van der Waals surface area contributed by atoms with Crippen molar-refractivity contribution in [3.05, 3.63) is 35.1 Å². The zero-order chi connectivity index (χ0) is 12.4. The van der Waals surface area contributed by atoms with Crippen LogP contribution < -0.4 is 0 Å². The molecule has 1 amide bonds. The molecule has 2 heterocycles. The summed E-state index contributed by atoms with van der Waals surface area (Å²) < 4.78 is 0. The molecule has 0 radical (unpaired) electrons. The molecule has 0 aliphatic carbocycles. The van der Waals surface area contributed by atoms with Gasteiger partial charge in [-0.2, -0.15) is 0 Å². The van der Waals surface area contributed by atoms with E-state index in [1.54, 1.807) is 31.4 Å². The van der Waals surface area contributed by atoms with Gasteiger partial charge in [0.1, 0.15) is 9.88 Å². The molecule has 6 heteroatoms. The number of aromatic nitrogens is 2. The molecule has 0 aliphatic rings. The SMILES string of the molecule is Cc1nc(-c2cccnc2)sc1C(=O)N(C)C.[Zn+2]. The molecular weight excluding hydrogens is 300 g/mol. The molecule has 0 spiro atoms. The molecule has 0 fully saturated rings. The molecule has 0 bridgehead atoms. The summed E-state index contributed by atoms with van der Waals surface area (Å²) in [5, 5.41) is 0.834. The predicted octanol–water partition coefficient (Wildman–Crippen LogP) is 2.21. The average molecular weight is 313 g/mol. The number of thiazole rings is 1. The quantitative estimate of drug-likeness (QED) is 0.799. The molecule has 0 unspecified atom stereocenters. The van der Waals surface area contributed by atoms with Crippen LogP contribution in [-0.2, 0) is 19.5 Å². The fraction of sp³-hybridized carbons (Fsp3) is 0.250. The summed E-state index contributed by atoms with van der Waals surface area (Å²) >= 11 is 1.41. The van der Waals surface area contributed by atoms with E-state index in [1.165, 1.54) is 11.3 Å². The van der Waals surface area contributed by atoms with Crippen LogP contribution in [0.15, 0.2) is 24.5 Å². The van der Waals surface area contributed by atoms with E-state index < -0.39 is 0 Å². The third-order valence-corrected chi connectivity index (χ3v) is 3.50. The Hall–Kier alpha value is -1.13. The van der Waals surface area contributed by atoms with E-state index in [9.17, 15) is 4.79 Å². The van der Waals surface area contributed by atoms with Crippen LogP contribution in [0.2, 0.25) is 0 Å². The van der Waals surface area contributed by atoms with Gasteiger partial charge in [0, 0.05) is 32.1 Å². The second-order valence-electron chi connectivity index (χ2n) is 3.87. The number of carbonyl (C=O) groups is 1. The summed E-state index contributed by atoms with van der Waals surface area (Å²) in [6.45, 7) is 1.85. The van der Waals surface area contributed by atoms with Gasteiger partial charge < -0.3 is 4.90 Å². The molecule has 88 valence electrons. The molecule has 2 aromatic rings. The largest absolute Gasteiger partial charge is 2.00 e. The van der Waals surface area contributed by atoms with Gasteiger partial charge in [0.05, 0.1) is 5.69 Å². The van der Waals surface area contributed by atoms with Gasteiger partial charge in [0.15, 0.2) is 0 Å². The third kappa shape index (κ3) is 3.00. The smallest absolute Gasteiger partial charge is 0.344 e. The van der Waals surface area contributed by atoms with Gasteiger partial charge in [-0.3, -0.25) is 9.78 Å². The summed E-state index contributed by atoms with van der Waals surface area (Å²) in [5.41, 5.74) is 1.71. The van der Waals surface area contributed by atoms with Crippen molar-refractivity contribution in [2.24, 2.45) is 0 Å². The van der Waals surface area contributed by atoms with Crippen molar-refractivity contribution in [2.45, 2.75) is 6.92 Å². The van der Waals surface area contributed by atoms with E-state index in [0.717, 1.165) is 16.3 Å². The molecule has 4 nitrogen and oxygen atoms in total. The van der Waals surface area contributed by atoms with Gasteiger partial charge in [-0.05, 0) is 19.1 Å². The molecular formula is C12H13N3OSZn+2. The zero-order valence-electron chi connectivity index (χ0n) is 10.7. The van der Waals surface area contributed by atoms with Crippen LogP contribution in [-0.4, -0.2) is 34.9 Å². The predicted molar refractivity (Wildman–Crippen MR) is 68.1 cm³/mol. The molecule has 18 heavy (non-hydrogen) atoms. The second kappa shape index (κ2) is 6.16. The first-order valence-electron chi connectivity index (χ1n) is 5.19. The molecule has 0 saturated heterocycles. The number of amides is 1. The van der Waals surface area contributed by atoms with Crippen LogP contribution in [0.1, 0.15) is 15.4 Å². The van der Waals surface area contributed by atoms with Crippen molar-refractivity contribution in [3.63, 3.8) is 0 Å². The van der Waals surface area contributed by atoms with E-state index in [0.29, 0.717) is 4.88 Å². The summed E-state index contributed by atoms with van der Waals surface area (Å²) in [7, 11) is 3.48. The minimum atomic E-state index is -0.00450. The molecule has 0 atom stereocenters. The number of aryl methyl sites for hydroxylation is 1. The summed E-state index contributed by atoms with van der Waals surface area (Å²) in [6, 6.07) is 3.80. The number of hydrogen-bond acceptors (Lipinski definition) is 4. The van der Waals surface area contributed by atoms with Crippen molar-refractivity contribution in [3.8, 4) is 10.6 Å². The van der Waals surface area contributed by atoms with Gasteiger partial charge in [-0.1, -0.05) is 0 Å². The normalized spacial score (nSPS) is 9.72. The number of carbonyl (C=O) groups excluding carboxylic acids is 1. The van der Waals surface area contributed by atoms with Gasteiger partial charge >= 0.3 is 19.5 Å². The first-order valence-corrected chi connectivity index (χ1v) is 6.00. The Kier molecular flexibility index (Phi) is 5.11. The van der Waals surface area contributed by atoms with E-state index in [1.807, 2.05) is 19.1 Å². The topological polar surface area (TPSA) is 46.1 Å². The van der Waals surface area contributed by atoms with Crippen molar-refractivity contribution in [1.29, 1.82) is 0 Å². The maximum atomic E-state index is 11.9. The maximum Gasteiger partial charge on any atom is 2.00 e. The van der Waals surface area contributed by atoms with Crippen LogP contribution in [0.4, 0.5) is 0 Å². The van der Waals surface area contributed by atoms with Crippen molar-refractivity contribution < 1.29 is 24.3 Å². The van der Waals surface area contributed by atoms with E-state index in [-0.39, 0.29) is 25.4 Å².